The number of hydrogen-bond acceptors (Lipinski definition) is 6. The average molecular weight is 434 g/mol. The van der Waals surface area contributed by atoms with Crippen LogP contribution in [0.4, 0.5) is 11.4 Å². The third-order valence-electron chi connectivity index (χ3n) is 5.41. The van der Waals surface area contributed by atoms with Gasteiger partial charge >= 0.3 is 0 Å². The Hall–Kier alpha value is -3.65. The smallest absolute Gasteiger partial charge is 0.276 e. The Labute approximate surface area is 187 Å². The van der Waals surface area contributed by atoms with Crippen molar-refractivity contribution in [3.8, 4) is 5.75 Å². The predicted molar refractivity (Wildman–Crippen MR) is 125 cm³/mol. The second-order valence-corrected chi connectivity index (χ2v) is 7.70. The van der Waals surface area contributed by atoms with Crippen LogP contribution < -0.4 is 20.5 Å². The fourth-order valence-electron chi connectivity index (χ4n) is 3.59. The lowest BCUT2D eigenvalue weighted by molar-refractivity contribution is 0.101. The number of likely N-dealkylation sites (N-methyl/N-ethyl adjacent to an activating group) is 1. The summed E-state index contributed by atoms with van der Waals surface area (Å²) < 4.78 is 6.90. The van der Waals surface area contributed by atoms with Gasteiger partial charge in [-0.05, 0) is 37.4 Å². The minimum Gasteiger partial charge on any atom is -0.492 e. The molecule has 1 amide bonds. The summed E-state index contributed by atoms with van der Waals surface area (Å²) >= 11 is 0. The van der Waals surface area contributed by atoms with Crippen molar-refractivity contribution < 1.29 is 9.53 Å². The molecule has 32 heavy (non-hydrogen) atoms. The van der Waals surface area contributed by atoms with E-state index in [9.17, 15) is 9.59 Å². The van der Waals surface area contributed by atoms with Gasteiger partial charge in [0.1, 0.15) is 18.1 Å². The van der Waals surface area contributed by atoms with Crippen LogP contribution in [-0.4, -0.2) is 60.4 Å². The fourth-order valence-corrected chi connectivity index (χ4v) is 3.59. The zero-order valence-electron chi connectivity index (χ0n) is 18.1. The van der Waals surface area contributed by atoms with Crippen molar-refractivity contribution in [1.29, 1.82) is 0 Å². The van der Waals surface area contributed by atoms with E-state index >= 15 is 0 Å². The molecule has 1 aliphatic heterocycles. The highest BCUT2D eigenvalue weighted by Gasteiger charge is 2.18. The number of anilines is 2. The van der Waals surface area contributed by atoms with E-state index in [1.165, 1.54) is 16.8 Å². The molecule has 0 atom stereocenters. The first kappa shape index (κ1) is 21.6. The van der Waals surface area contributed by atoms with Gasteiger partial charge in [0.25, 0.3) is 11.5 Å². The van der Waals surface area contributed by atoms with Crippen LogP contribution in [0.15, 0.2) is 71.5 Å². The number of nitrogens with one attached hydrogen (secondary N) is 1. The maximum Gasteiger partial charge on any atom is 0.276 e. The van der Waals surface area contributed by atoms with E-state index in [4.69, 9.17) is 4.74 Å². The standard InChI is InChI=1S/C24H27N5O3/c1-27-13-15-28(16-14-27)22-10-6-5-9-20(22)25-24(31)21-11-12-23(30)29(26-21)17-18-32-19-7-3-2-4-8-19/h2-12H,13-18H2,1H3,(H,25,31). The summed E-state index contributed by atoms with van der Waals surface area (Å²) in [6.07, 6.45) is 0. The largest absolute Gasteiger partial charge is 0.492 e. The van der Waals surface area contributed by atoms with Gasteiger partial charge in [0, 0.05) is 32.2 Å². The molecule has 0 saturated carbocycles. The van der Waals surface area contributed by atoms with Crippen LogP contribution in [0, 0.1) is 0 Å². The Bertz CT molecular complexity index is 1110. The number of piperazine rings is 1. The number of aromatic nitrogens is 2. The lowest BCUT2D eigenvalue weighted by atomic mass is 10.2. The van der Waals surface area contributed by atoms with Crippen molar-refractivity contribution in [1.82, 2.24) is 14.7 Å². The highest BCUT2D eigenvalue weighted by Crippen LogP contribution is 2.26. The van der Waals surface area contributed by atoms with Gasteiger partial charge in [0.15, 0.2) is 0 Å². The second-order valence-electron chi connectivity index (χ2n) is 7.70. The number of carbonyl (C=O) groups is 1. The van der Waals surface area contributed by atoms with Crippen molar-refractivity contribution in [2.24, 2.45) is 0 Å². The molecule has 3 aromatic rings. The number of amides is 1. The summed E-state index contributed by atoms with van der Waals surface area (Å²) in [6.45, 7) is 4.25. The highest BCUT2D eigenvalue weighted by atomic mass is 16.5. The maximum atomic E-state index is 12.9. The second kappa shape index (κ2) is 10.1. The maximum absolute atomic E-state index is 12.9. The molecule has 0 aliphatic carbocycles. The first-order chi connectivity index (χ1) is 15.6. The number of ether oxygens (including phenoxy) is 1. The molecule has 2 aromatic carbocycles. The summed E-state index contributed by atoms with van der Waals surface area (Å²) in [6, 6.07) is 19.9. The van der Waals surface area contributed by atoms with Crippen molar-refractivity contribution in [3.63, 3.8) is 0 Å². The number of carbonyl (C=O) groups excluding carboxylic acids is 1. The van der Waals surface area contributed by atoms with Crippen molar-refractivity contribution in [3.05, 3.63) is 82.8 Å². The SMILES string of the molecule is CN1CCN(c2ccccc2NC(=O)c2ccc(=O)n(CCOc3ccccc3)n2)CC1. The molecule has 1 aromatic heterocycles. The van der Waals surface area contributed by atoms with Crippen molar-refractivity contribution >= 4 is 17.3 Å². The molecule has 1 N–H and O–H groups in total. The molecule has 2 heterocycles. The Morgan fingerprint density at radius 2 is 1.69 bits per heavy atom. The molecule has 1 aliphatic rings. The summed E-state index contributed by atoms with van der Waals surface area (Å²) in [5, 5.41) is 7.20. The first-order valence-corrected chi connectivity index (χ1v) is 10.7. The van der Waals surface area contributed by atoms with Crippen LogP contribution in [0.3, 0.4) is 0 Å². The Morgan fingerprint density at radius 1 is 0.969 bits per heavy atom. The third kappa shape index (κ3) is 5.33. The third-order valence-corrected chi connectivity index (χ3v) is 5.41. The molecule has 1 fully saturated rings. The van der Waals surface area contributed by atoms with Crippen LogP contribution in [0.5, 0.6) is 5.75 Å². The van der Waals surface area contributed by atoms with Crippen LogP contribution in [0.1, 0.15) is 10.5 Å². The van der Waals surface area contributed by atoms with Crippen LogP contribution in [0.2, 0.25) is 0 Å². The van der Waals surface area contributed by atoms with E-state index in [0.29, 0.717) is 0 Å². The van der Waals surface area contributed by atoms with E-state index in [2.05, 4.69) is 27.3 Å². The summed E-state index contributed by atoms with van der Waals surface area (Å²) in [4.78, 5) is 29.7. The Balaban J connectivity index is 1.44. The fraction of sp³-hybridized carbons (Fsp3) is 0.292. The quantitative estimate of drug-likeness (QED) is 0.616. The minimum atomic E-state index is -0.357. The van der Waals surface area contributed by atoms with Gasteiger partial charge in [-0.2, -0.15) is 5.10 Å². The van der Waals surface area contributed by atoms with E-state index < -0.39 is 0 Å². The predicted octanol–water partition coefficient (Wildman–Crippen LogP) is 2.33. The number of para-hydroxylation sites is 3. The van der Waals surface area contributed by atoms with E-state index in [1.54, 1.807) is 0 Å². The molecule has 1 saturated heterocycles. The molecule has 0 radical (unpaired) electrons. The van der Waals surface area contributed by atoms with Crippen molar-refractivity contribution in [2.45, 2.75) is 6.54 Å². The van der Waals surface area contributed by atoms with Crippen LogP contribution >= 0.6 is 0 Å². The monoisotopic (exact) mass is 433 g/mol. The molecular weight excluding hydrogens is 406 g/mol. The van der Waals surface area contributed by atoms with Gasteiger partial charge in [-0.1, -0.05) is 30.3 Å². The van der Waals surface area contributed by atoms with Gasteiger partial charge in [-0.3, -0.25) is 9.59 Å². The van der Waals surface area contributed by atoms with Crippen molar-refractivity contribution in [2.75, 3.05) is 50.1 Å². The minimum absolute atomic E-state index is 0.178. The molecule has 0 bridgehead atoms. The van der Waals surface area contributed by atoms with E-state index in [-0.39, 0.29) is 30.3 Å². The molecule has 4 rings (SSSR count). The lowest BCUT2D eigenvalue weighted by Gasteiger charge is -2.35. The molecule has 0 unspecified atom stereocenters. The Kier molecular flexibility index (Phi) is 6.81. The van der Waals surface area contributed by atoms with E-state index in [0.717, 1.165) is 43.3 Å². The molecular formula is C24H27N5O3. The summed E-state index contributed by atoms with van der Waals surface area (Å²) in [7, 11) is 2.11. The molecule has 8 heteroatoms. The van der Waals surface area contributed by atoms with E-state index in [1.807, 2.05) is 54.6 Å². The van der Waals surface area contributed by atoms with Gasteiger partial charge in [-0.15, -0.1) is 0 Å². The number of nitrogens with zero attached hydrogens (tertiary/aromatic N) is 4. The van der Waals surface area contributed by atoms with Crippen LogP contribution in [0.25, 0.3) is 0 Å². The zero-order chi connectivity index (χ0) is 22.3. The number of hydrogen-bond donors (Lipinski definition) is 1. The molecule has 8 nitrogen and oxygen atoms in total. The van der Waals surface area contributed by atoms with Gasteiger partial charge in [0.05, 0.1) is 17.9 Å². The number of benzene rings is 2. The van der Waals surface area contributed by atoms with Gasteiger partial charge in [0.2, 0.25) is 0 Å². The summed E-state index contributed by atoms with van der Waals surface area (Å²) in [5.74, 6) is 0.360. The molecule has 166 valence electrons. The average Bonchev–Trinajstić information content (AvgIpc) is 2.82. The highest BCUT2D eigenvalue weighted by molar-refractivity contribution is 6.04. The first-order valence-electron chi connectivity index (χ1n) is 10.7. The Morgan fingerprint density at radius 3 is 2.47 bits per heavy atom. The lowest BCUT2D eigenvalue weighted by Crippen LogP contribution is -2.44. The van der Waals surface area contributed by atoms with Crippen LogP contribution in [-0.2, 0) is 6.54 Å². The van der Waals surface area contributed by atoms with Gasteiger partial charge < -0.3 is 19.9 Å². The topological polar surface area (TPSA) is 79.7 Å². The zero-order valence-corrected chi connectivity index (χ0v) is 18.1. The molecule has 0 spiro atoms. The number of rotatable bonds is 7. The normalized spacial score (nSPS) is 14.2. The summed E-state index contributed by atoms with van der Waals surface area (Å²) in [5.41, 5.74) is 1.61. The van der Waals surface area contributed by atoms with Gasteiger partial charge in [-0.25, -0.2) is 4.68 Å².